The van der Waals surface area contributed by atoms with Crippen LogP contribution in [-0.2, 0) is 4.74 Å². The molecule has 0 aliphatic heterocycles. The van der Waals surface area contributed by atoms with Gasteiger partial charge in [0.25, 0.3) is 0 Å². The quantitative estimate of drug-likeness (QED) is 0.445. The lowest BCUT2D eigenvalue weighted by molar-refractivity contribution is 0.0163. The van der Waals surface area contributed by atoms with Crippen LogP contribution in [0.15, 0.2) is 53.9 Å². The van der Waals surface area contributed by atoms with E-state index in [9.17, 15) is 19.8 Å². The number of benzene rings is 2. The van der Waals surface area contributed by atoms with E-state index in [2.05, 4.69) is 10.3 Å². The second-order valence-electron chi connectivity index (χ2n) is 7.10. The molecule has 2 aromatic carbocycles. The predicted octanol–water partition coefficient (Wildman–Crippen LogP) is 2.77. The van der Waals surface area contributed by atoms with Gasteiger partial charge in [0.2, 0.25) is 5.01 Å². The fourth-order valence-electron chi connectivity index (χ4n) is 3.67. The van der Waals surface area contributed by atoms with Crippen LogP contribution in [0.3, 0.4) is 0 Å². The van der Waals surface area contributed by atoms with Crippen molar-refractivity contribution in [2.24, 2.45) is 0 Å². The van der Waals surface area contributed by atoms with Crippen LogP contribution < -0.4 is 5.32 Å². The van der Waals surface area contributed by atoms with Crippen LogP contribution in [0.4, 0.5) is 4.79 Å². The number of nitrogens with one attached hydrogen (secondary N) is 1. The SMILES string of the molecule is O=C(NCC(O)C(O)c1csc(C(=O)O)n1)OCC1c2ccccc2-c2ccccc21. The average molecular weight is 440 g/mol. The summed E-state index contributed by atoms with van der Waals surface area (Å²) in [5, 5.41) is 32.7. The van der Waals surface area contributed by atoms with Gasteiger partial charge < -0.3 is 25.4 Å². The maximum Gasteiger partial charge on any atom is 0.407 e. The lowest BCUT2D eigenvalue weighted by atomic mass is 9.98. The Labute approximate surface area is 181 Å². The first-order chi connectivity index (χ1) is 15.0. The number of carbonyl (C=O) groups excluding carboxylic acids is 1. The number of nitrogens with zero attached hydrogens (tertiary/aromatic N) is 1. The number of aliphatic hydroxyl groups is 2. The number of ether oxygens (including phenoxy) is 1. The van der Waals surface area contributed by atoms with Crippen LogP contribution in [0.25, 0.3) is 11.1 Å². The summed E-state index contributed by atoms with van der Waals surface area (Å²) in [7, 11) is 0. The standard InChI is InChI=1S/C22H20N2O6S/c25-18(19(26)17-11-31-20(24-17)21(27)28)9-23-22(29)30-10-16-14-7-3-1-5-12(14)13-6-2-4-8-15(13)16/h1-8,11,16,18-19,25-26H,9-10H2,(H,23,29)(H,27,28). The highest BCUT2D eigenvalue weighted by Crippen LogP contribution is 2.44. The van der Waals surface area contributed by atoms with E-state index < -0.39 is 24.3 Å². The van der Waals surface area contributed by atoms with Crippen molar-refractivity contribution in [3.05, 3.63) is 75.7 Å². The van der Waals surface area contributed by atoms with Gasteiger partial charge in [0.1, 0.15) is 18.8 Å². The van der Waals surface area contributed by atoms with Crippen molar-refractivity contribution in [2.75, 3.05) is 13.2 Å². The first-order valence-corrected chi connectivity index (χ1v) is 10.5. The Bertz CT molecular complexity index is 1070. The molecule has 1 heterocycles. The van der Waals surface area contributed by atoms with E-state index in [1.807, 2.05) is 48.5 Å². The first-order valence-electron chi connectivity index (χ1n) is 9.59. The molecule has 0 spiro atoms. The molecule has 160 valence electrons. The van der Waals surface area contributed by atoms with E-state index in [1.54, 1.807) is 0 Å². The topological polar surface area (TPSA) is 129 Å². The number of fused-ring (bicyclic) bond motifs is 3. The number of hydrogen-bond donors (Lipinski definition) is 4. The van der Waals surface area contributed by atoms with Crippen LogP contribution in [0.1, 0.15) is 38.6 Å². The highest BCUT2D eigenvalue weighted by Gasteiger charge is 2.29. The van der Waals surface area contributed by atoms with Gasteiger partial charge in [-0.3, -0.25) is 0 Å². The Hall–Kier alpha value is -3.27. The zero-order valence-corrected chi connectivity index (χ0v) is 17.1. The molecule has 3 aromatic rings. The van der Waals surface area contributed by atoms with Gasteiger partial charge >= 0.3 is 12.1 Å². The number of aliphatic hydroxyl groups excluding tert-OH is 2. The first kappa shape index (κ1) is 21.0. The predicted molar refractivity (Wildman–Crippen MR) is 113 cm³/mol. The van der Waals surface area contributed by atoms with E-state index in [0.717, 1.165) is 33.6 Å². The van der Waals surface area contributed by atoms with Crippen molar-refractivity contribution in [3.8, 4) is 11.1 Å². The molecule has 8 nitrogen and oxygen atoms in total. The van der Waals surface area contributed by atoms with Crippen molar-refractivity contribution in [1.29, 1.82) is 0 Å². The number of amides is 1. The number of carboxylic acid groups (broad SMARTS) is 1. The molecule has 0 saturated heterocycles. The minimum atomic E-state index is -1.43. The molecule has 2 unspecified atom stereocenters. The van der Waals surface area contributed by atoms with Crippen molar-refractivity contribution < 1.29 is 29.6 Å². The fourth-order valence-corrected chi connectivity index (χ4v) is 4.35. The zero-order chi connectivity index (χ0) is 22.0. The number of carboxylic acids is 1. The normalized spacial score (nSPS) is 14.4. The van der Waals surface area contributed by atoms with Crippen molar-refractivity contribution >= 4 is 23.4 Å². The second kappa shape index (κ2) is 8.84. The molecular formula is C22H20N2O6S. The maximum absolute atomic E-state index is 12.2. The molecule has 1 aliphatic rings. The third-order valence-electron chi connectivity index (χ3n) is 5.17. The Morgan fingerprint density at radius 1 is 1.06 bits per heavy atom. The molecule has 2 atom stereocenters. The van der Waals surface area contributed by atoms with E-state index in [0.29, 0.717) is 0 Å². The zero-order valence-electron chi connectivity index (χ0n) is 16.3. The minimum Gasteiger partial charge on any atom is -0.476 e. The summed E-state index contributed by atoms with van der Waals surface area (Å²) in [6.07, 6.45) is -3.53. The van der Waals surface area contributed by atoms with E-state index in [1.165, 1.54) is 5.38 Å². The summed E-state index contributed by atoms with van der Waals surface area (Å²) in [6, 6.07) is 16.0. The molecule has 1 aromatic heterocycles. The van der Waals surface area contributed by atoms with Gasteiger partial charge in [-0.25, -0.2) is 14.6 Å². The summed E-state index contributed by atoms with van der Waals surface area (Å²) < 4.78 is 5.38. The number of hydrogen-bond acceptors (Lipinski definition) is 7. The third-order valence-corrected chi connectivity index (χ3v) is 6.02. The van der Waals surface area contributed by atoms with Crippen LogP contribution in [0.5, 0.6) is 0 Å². The molecule has 0 fully saturated rings. The summed E-state index contributed by atoms with van der Waals surface area (Å²) in [6.45, 7) is -0.148. The van der Waals surface area contributed by atoms with Crippen molar-refractivity contribution in [2.45, 2.75) is 18.1 Å². The number of thiazole rings is 1. The molecule has 0 radical (unpaired) electrons. The molecule has 4 rings (SSSR count). The van der Waals surface area contributed by atoms with Gasteiger partial charge in [-0.2, -0.15) is 0 Å². The summed E-state index contributed by atoms with van der Waals surface area (Å²) in [5.41, 5.74) is 4.45. The molecule has 0 saturated carbocycles. The van der Waals surface area contributed by atoms with Gasteiger partial charge in [0.15, 0.2) is 0 Å². The second-order valence-corrected chi connectivity index (χ2v) is 7.96. The van der Waals surface area contributed by atoms with Gasteiger partial charge in [-0.15, -0.1) is 11.3 Å². The molecule has 0 bridgehead atoms. The van der Waals surface area contributed by atoms with Crippen molar-refractivity contribution in [1.82, 2.24) is 10.3 Å². The Kier molecular flexibility index (Phi) is 5.99. The van der Waals surface area contributed by atoms with Gasteiger partial charge in [0, 0.05) is 17.8 Å². The highest BCUT2D eigenvalue weighted by molar-refractivity contribution is 7.11. The fraction of sp³-hybridized carbons (Fsp3) is 0.227. The molecule has 31 heavy (non-hydrogen) atoms. The molecule has 9 heteroatoms. The van der Waals surface area contributed by atoms with Crippen LogP contribution in [-0.4, -0.2) is 51.6 Å². The molecular weight excluding hydrogens is 420 g/mol. The number of aromatic nitrogens is 1. The average Bonchev–Trinajstić information content (AvgIpc) is 3.39. The molecule has 1 amide bonds. The summed E-state index contributed by atoms with van der Waals surface area (Å²) in [4.78, 5) is 26.8. The van der Waals surface area contributed by atoms with Crippen LogP contribution in [0, 0.1) is 0 Å². The van der Waals surface area contributed by atoms with E-state index in [4.69, 9.17) is 9.84 Å². The van der Waals surface area contributed by atoms with Crippen LogP contribution in [0.2, 0.25) is 0 Å². The number of carbonyl (C=O) groups is 2. The summed E-state index contributed by atoms with van der Waals surface area (Å²) in [5.74, 6) is -1.30. The molecule has 1 aliphatic carbocycles. The van der Waals surface area contributed by atoms with E-state index >= 15 is 0 Å². The number of alkyl carbamates (subject to hydrolysis) is 1. The van der Waals surface area contributed by atoms with E-state index in [-0.39, 0.29) is 29.8 Å². The number of aromatic carboxylic acids is 1. The van der Waals surface area contributed by atoms with Crippen LogP contribution >= 0.6 is 11.3 Å². The summed E-state index contributed by atoms with van der Waals surface area (Å²) >= 11 is 0.845. The monoisotopic (exact) mass is 440 g/mol. The Morgan fingerprint density at radius 2 is 1.68 bits per heavy atom. The highest BCUT2D eigenvalue weighted by atomic mass is 32.1. The van der Waals surface area contributed by atoms with Crippen molar-refractivity contribution in [3.63, 3.8) is 0 Å². The lowest BCUT2D eigenvalue weighted by Crippen LogP contribution is -2.36. The van der Waals surface area contributed by atoms with Gasteiger partial charge in [-0.05, 0) is 22.3 Å². The Balaban J connectivity index is 1.33. The maximum atomic E-state index is 12.2. The third kappa shape index (κ3) is 4.29. The lowest BCUT2D eigenvalue weighted by Gasteiger charge is -2.18. The minimum absolute atomic E-state index is 0.0317. The van der Waals surface area contributed by atoms with Gasteiger partial charge in [-0.1, -0.05) is 48.5 Å². The molecule has 4 N–H and O–H groups in total. The smallest absolute Gasteiger partial charge is 0.407 e. The number of rotatable bonds is 7. The Morgan fingerprint density at radius 3 is 2.26 bits per heavy atom. The van der Waals surface area contributed by atoms with Gasteiger partial charge in [0.05, 0.1) is 5.69 Å². The largest absolute Gasteiger partial charge is 0.476 e.